The van der Waals surface area contributed by atoms with Crippen LogP contribution in [0.4, 0.5) is 5.13 Å². The molecule has 0 saturated heterocycles. The Labute approximate surface area is 238 Å². The highest BCUT2D eigenvalue weighted by Gasteiger charge is 2.31. The van der Waals surface area contributed by atoms with Crippen molar-refractivity contribution in [2.24, 2.45) is 0 Å². The molecular formula is C29H31ClN4O3S2. The van der Waals surface area contributed by atoms with Crippen LogP contribution in [-0.4, -0.2) is 41.2 Å². The lowest BCUT2D eigenvalue weighted by atomic mass is 9.95. The van der Waals surface area contributed by atoms with Crippen LogP contribution in [0.2, 0.25) is 5.02 Å². The van der Waals surface area contributed by atoms with Gasteiger partial charge in [-0.25, -0.2) is 13.4 Å². The molecule has 0 aliphatic heterocycles. The zero-order chi connectivity index (χ0) is 27.6. The SMILES string of the molecule is CCN(C1CCCCC1)S(=O)(=O)c1ccc(C(=O)N(Cc2cccnc2)c2nc3c(C)ccc(Cl)c3s2)cc1. The van der Waals surface area contributed by atoms with Gasteiger partial charge in [-0.3, -0.25) is 14.7 Å². The number of halogens is 1. The van der Waals surface area contributed by atoms with Crippen molar-refractivity contribution in [2.75, 3.05) is 11.4 Å². The topological polar surface area (TPSA) is 83.5 Å². The number of carbonyl (C=O) groups is 1. The lowest BCUT2D eigenvalue weighted by molar-refractivity contribution is 0.0985. The first-order valence-electron chi connectivity index (χ1n) is 13.2. The minimum atomic E-state index is -3.67. The number of nitrogens with zero attached hydrogens (tertiary/aromatic N) is 4. The van der Waals surface area contributed by atoms with Gasteiger partial charge in [0.25, 0.3) is 5.91 Å². The van der Waals surface area contributed by atoms with E-state index in [1.165, 1.54) is 23.5 Å². The summed E-state index contributed by atoms with van der Waals surface area (Å²) in [4.78, 5) is 24.6. The van der Waals surface area contributed by atoms with Crippen molar-refractivity contribution < 1.29 is 13.2 Å². The summed E-state index contributed by atoms with van der Waals surface area (Å²) in [6.45, 7) is 4.52. The van der Waals surface area contributed by atoms with Gasteiger partial charge in [0.1, 0.15) is 0 Å². The van der Waals surface area contributed by atoms with E-state index < -0.39 is 10.0 Å². The van der Waals surface area contributed by atoms with Crippen molar-refractivity contribution in [1.82, 2.24) is 14.3 Å². The molecule has 4 aromatic rings. The summed E-state index contributed by atoms with van der Waals surface area (Å²) >= 11 is 7.81. The van der Waals surface area contributed by atoms with Crippen LogP contribution in [-0.2, 0) is 16.6 Å². The highest BCUT2D eigenvalue weighted by molar-refractivity contribution is 7.89. The van der Waals surface area contributed by atoms with Crippen molar-refractivity contribution in [3.05, 3.63) is 82.6 Å². The first-order valence-corrected chi connectivity index (χ1v) is 15.8. The van der Waals surface area contributed by atoms with E-state index in [4.69, 9.17) is 16.6 Å². The molecule has 1 aliphatic carbocycles. The molecule has 1 fully saturated rings. The smallest absolute Gasteiger partial charge is 0.260 e. The molecule has 10 heteroatoms. The normalized spacial score (nSPS) is 14.7. The molecular weight excluding hydrogens is 552 g/mol. The minimum Gasteiger partial charge on any atom is -0.279 e. The Hall–Kier alpha value is -2.85. The maximum atomic E-state index is 13.9. The average Bonchev–Trinajstić information content (AvgIpc) is 3.42. The molecule has 1 saturated carbocycles. The van der Waals surface area contributed by atoms with E-state index in [2.05, 4.69) is 4.98 Å². The highest BCUT2D eigenvalue weighted by Crippen LogP contribution is 2.37. The van der Waals surface area contributed by atoms with E-state index >= 15 is 0 Å². The predicted molar refractivity (Wildman–Crippen MR) is 157 cm³/mol. The molecule has 2 aromatic heterocycles. The van der Waals surface area contributed by atoms with Gasteiger partial charge in [0, 0.05) is 30.5 Å². The van der Waals surface area contributed by atoms with Crippen LogP contribution in [0.15, 0.2) is 65.8 Å². The number of thiazole rings is 1. The summed E-state index contributed by atoms with van der Waals surface area (Å²) in [7, 11) is -3.67. The number of sulfonamides is 1. The Morgan fingerprint density at radius 3 is 2.46 bits per heavy atom. The van der Waals surface area contributed by atoms with Gasteiger partial charge < -0.3 is 0 Å². The Morgan fingerprint density at radius 1 is 1.08 bits per heavy atom. The number of aromatic nitrogens is 2. The number of fused-ring (bicyclic) bond motifs is 1. The number of hydrogen-bond acceptors (Lipinski definition) is 6. The molecule has 0 bridgehead atoms. The van der Waals surface area contributed by atoms with Crippen LogP contribution in [0.5, 0.6) is 0 Å². The lowest BCUT2D eigenvalue weighted by Crippen LogP contribution is -2.41. The number of benzene rings is 2. The summed E-state index contributed by atoms with van der Waals surface area (Å²) in [5.41, 5.74) is 2.95. The van der Waals surface area contributed by atoms with Gasteiger partial charge in [-0.2, -0.15) is 4.31 Å². The van der Waals surface area contributed by atoms with Crippen LogP contribution in [0, 0.1) is 6.92 Å². The molecule has 0 N–H and O–H groups in total. The lowest BCUT2D eigenvalue weighted by Gasteiger charge is -2.32. The number of carbonyl (C=O) groups excluding carboxylic acids is 1. The van der Waals surface area contributed by atoms with Gasteiger partial charge in [0.05, 0.1) is 26.7 Å². The van der Waals surface area contributed by atoms with Crippen LogP contribution in [0.3, 0.4) is 0 Å². The average molecular weight is 583 g/mol. The number of aryl methyl sites for hydroxylation is 1. The fraction of sp³-hybridized carbons (Fsp3) is 0.345. The summed E-state index contributed by atoms with van der Waals surface area (Å²) < 4.78 is 29.4. The number of amides is 1. The van der Waals surface area contributed by atoms with E-state index in [1.54, 1.807) is 33.7 Å². The second-order valence-corrected chi connectivity index (χ2v) is 13.1. The molecule has 2 heterocycles. The van der Waals surface area contributed by atoms with Crippen molar-refractivity contribution in [2.45, 2.75) is 63.4 Å². The van der Waals surface area contributed by atoms with Crippen LogP contribution < -0.4 is 4.90 Å². The van der Waals surface area contributed by atoms with Gasteiger partial charge in [0.15, 0.2) is 5.13 Å². The van der Waals surface area contributed by atoms with E-state index in [9.17, 15) is 13.2 Å². The van der Waals surface area contributed by atoms with E-state index in [0.717, 1.165) is 53.4 Å². The molecule has 0 spiro atoms. The summed E-state index contributed by atoms with van der Waals surface area (Å²) in [6, 6.07) is 13.7. The Bertz CT molecular complexity index is 1530. The molecule has 2 aromatic carbocycles. The summed E-state index contributed by atoms with van der Waals surface area (Å²) in [5, 5.41) is 1.10. The third-order valence-electron chi connectivity index (χ3n) is 7.23. The molecule has 0 atom stereocenters. The second-order valence-electron chi connectivity index (χ2n) is 9.82. The van der Waals surface area contributed by atoms with Gasteiger partial charge in [0.2, 0.25) is 10.0 Å². The summed E-state index contributed by atoms with van der Waals surface area (Å²) in [5.74, 6) is -0.282. The Morgan fingerprint density at radius 2 is 1.82 bits per heavy atom. The van der Waals surface area contributed by atoms with Crippen LogP contribution in [0.1, 0.15) is 60.5 Å². The monoisotopic (exact) mass is 582 g/mol. The molecule has 0 radical (unpaired) electrons. The van der Waals surface area contributed by atoms with Crippen molar-refractivity contribution in [3.8, 4) is 0 Å². The fourth-order valence-corrected chi connectivity index (χ4v) is 8.17. The Kier molecular flexibility index (Phi) is 8.32. The minimum absolute atomic E-state index is 0.0272. The van der Waals surface area contributed by atoms with Crippen molar-refractivity contribution in [3.63, 3.8) is 0 Å². The zero-order valence-corrected chi connectivity index (χ0v) is 24.4. The molecule has 1 amide bonds. The molecule has 7 nitrogen and oxygen atoms in total. The predicted octanol–water partition coefficient (Wildman–Crippen LogP) is 6.84. The zero-order valence-electron chi connectivity index (χ0n) is 22.0. The first-order chi connectivity index (χ1) is 18.8. The van der Waals surface area contributed by atoms with Gasteiger partial charge >= 0.3 is 0 Å². The molecule has 1 aliphatic rings. The van der Waals surface area contributed by atoms with E-state index in [-0.39, 0.29) is 23.4 Å². The maximum absolute atomic E-state index is 13.9. The number of anilines is 1. The summed E-state index contributed by atoms with van der Waals surface area (Å²) in [6.07, 6.45) is 8.42. The highest BCUT2D eigenvalue weighted by atomic mass is 35.5. The third-order valence-corrected chi connectivity index (χ3v) is 10.8. The van der Waals surface area contributed by atoms with E-state index in [1.807, 2.05) is 38.1 Å². The fourth-order valence-electron chi connectivity index (χ4n) is 5.16. The Balaban J connectivity index is 1.47. The maximum Gasteiger partial charge on any atom is 0.260 e. The third kappa shape index (κ3) is 5.72. The second kappa shape index (κ2) is 11.7. The van der Waals surface area contributed by atoms with Crippen molar-refractivity contribution >= 4 is 54.2 Å². The van der Waals surface area contributed by atoms with Crippen molar-refractivity contribution in [1.29, 1.82) is 0 Å². The quantitative estimate of drug-likeness (QED) is 0.227. The molecule has 5 rings (SSSR count). The van der Waals surface area contributed by atoms with Gasteiger partial charge in [-0.15, -0.1) is 0 Å². The van der Waals surface area contributed by atoms with Crippen LogP contribution in [0.25, 0.3) is 10.2 Å². The largest absolute Gasteiger partial charge is 0.279 e. The van der Waals surface area contributed by atoms with Gasteiger partial charge in [-0.1, -0.05) is 61.3 Å². The molecule has 39 heavy (non-hydrogen) atoms. The number of hydrogen-bond donors (Lipinski definition) is 0. The van der Waals surface area contributed by atoms with Crippen LogP contribution >= 0.6 is 22.9 Å². The molecule has 0 unspecified atom stereocenters. The molecule has 204 valence electrons. The number of pyridine rings is 1. The standard InChI is InChI=1S/C29H31ClN4O3S2/c1-3-34(23-9-5-4-6-10-23)39(36,37)24-14-12-22(13-15-24)28(35)33(19-21-8-7-17-31-18-21)29-32-26-20(2)11-16-25(30)27(26)38-29/h7-8,11-18,23H,3-6,9-10,19H2,1-2H3. The number of rotatable bonds is 8. The van der Waals surface area contributed by atoms with Gasteiger partial charge in [-0.05, 0) is 67.3 Å². The first kappa shape index (κ1) is 27.7. The van der Waals surface area contributed by atoms with E-state index in [0.29, 0.717) is 22.3 Å².